The van der Waals surface area contributed by atoms with Gasteiger partial charge in [0.05, 0.1) is 22.6 Å². The van der Waals surface area contributed by atoms with Crippen LogP contribution in [0.15, 0.2) is 176 Å². The van der Waals surface area contributed by atoms with Crippen LogP contribution in [0.25, 0.3) is 89.1 Å². The second-order valence-corrected chi connectivity index (χ2v) is 14.5. The molecule has 1 aliphatic rings. The summed E-state index contributed by atoms with van der Waals surface area (Å²) in [6.07, 6.45) is 0. The van der Waals surface area contributed by atoms with Gasteiger partial charge in [0.1, 0.15) is 0 Å². The Balaban J connectivity index is 1.14. The smallest absolute Gasteiger partial charge is 0.160 e. The average molecular weight is 678 g/mol. The number of benzene rings is 7. The van der Waals surface area contributed by atoms with Crippen molar-refractivity contribution in [2.45, 2.75) is 19.3 Å². The molecule has 0 bridgehead atoms. The average Bonchev–Trinajstić information content (AvgIpc) is 3.45. The van der Waals surface area contributed by atoms with Crippen molar-refractivity contribution in [2.75, 3.05) is 0 Å². The van der Waals surface area contributed by atoms with Gasteiger partial charge in [0.15, 0.2) is 5.82 Å². The Morgan fingerprint density at radius 1 is 0.358 bits per heavy atom. The van der Waals surface area contributed by atoms with Crippen molar-refractivity contribution in [3.63, 3.8) is 0 Å². The van der Waals surface area contributed by atoms with E-state index in [0.29, 0.717) is 5.82 Å². The van der Waals surface area contributed by atoms with Crippen molar-refractivity contribution >= 4 is 21.7 Å². The predicted molar refractivity (Wildman–Crippen MR) is 220 cm³/mol. The van der Waals surface area contributed by atoms with Gasteiger partial charge in [-0.05, 0) is 80.6 Å². The zero-order valence-electron chi connectivity index (χ0n) is 29.6. The Labute approximate surface area is 309 Å². The molecule has 0 spiro atoms. The van der Waals surface area contributed by atoms with Crippen molar-refractivity contribution in [2.24, 2.45) is 0 Å². The van der Waals surface area contributed by atoms with E-state index >= 15 is 0 Å². The minimum absolute atomic E-state index is 0.117. The summed E-state index contributed by atoms with van der Waals surface area (Å²) in [5.41, 5.74) is 15.3. The topological polar surface area (TPSA) is 38.7 Å². The lowest BCUT2D eigenvalue weighted by Crippen LogP contribution is -2.14. The first-order chi connectivity index (χ1) is 26.0. The van der Waals surface area contributed by atoms with Crippen LogP contribution >= 0.6 is 0 Å². The van der Waals surface area contributed by atoms with Crippen LogP contribution in [0.5, 0.6) is 0 Å². The minimum Gasteiger partial charge on any atom is -0.248 e. The third-order valence-electron chi connectivity index (χ3n) is 10.9. The molecule has 1 aliphatic carbocycles. The van der Waals surface area contributed by atoms with Gasteiger partial charge in [-0.3, -0.25) is 0 Å². The lowest BCUT2D eigenvalue weighted by atomic mass is 9.82. The molecule has 7 aromatic carbocycles. The number of aromatic nitrogens is 3. The molecule has 0 unspecified atom stereocenters. The summed E-state index contributed by atoms with van der Waals surface area (Å²) >= 11 is 0. The highest BCUT2D eigenvalue weighted by Crippen LogP contribution is 2.50. The second kappa shape index (κ2) is 12.2. The fourth-order valence-electron chi connectivity index (χ4n) is 8.07. The molecule has 0 N–H and O–H groups in total. The summed E-state index contributed by atoms with van der Waals surface area (Å²) in [5, 5.41) is 3.54. The van der Waals surface area contributed by atoms with E-state index in [1.54, 1.807) is 0 Å². The first kappa shape index (κ1) is 31.1. The monoisotopic (exact) mass is 677 g/mol. The van der Waals surface area contributed by atoms with Crippen LogP contribution in [-0.2, 0) is 5.41 Å². The molecule has 0 radical (unpaired) electrons. The van der Waals surface area contributed by atoms with Gasteiger partial charge < -0.3 is 0 Å². The van der Waals surface area contributed by atoms with Crippen LogP contribution in [0, 0.1) is 0 Å². The number of rotatable bonds is 5. The largest absolute Gasteiger partial charge is 0.248 e. The van der Waals surface area contributed by atoms with Crippen molar-refractivity contribution in [1.29, 1.82) is 0 Å². The molecular weight excluding hydrogens is 643 g/mol. The number of hydrogen-bond donors (Lipinski definition) is 0. The number of fused-ring (bicyclic) bond motifs is 5. The highest BCUT2D eigenvalue weighted by molar-refractivity contribution is 6.01. The summed E-state index contributed by atoms with van der Waals surface area (Å²) in [6.45, 7) is 4.65. The van der Waals surface area contributed by atoms with E-state index in [1.807, 2.05) is 6.07 Å². The summed E-state index contributed by atoms with van der Waals surface area (Å²) in [5.74, 6) is 0.678. The molecule has 3 nitrogen and oxygen atoms in total. The molecule has 0 atom stereocenters. The fraction of sp³-hybridized carbons (Fsp3) is 0.0600. The Bertz CT molecular complexity index is 2860. The zero-order valence-corrected chi connectivity index (χ0v) is 29.6. The number of hydrogen-bond acceptors (Lipinski definition) is 3. The Hall–Kier alpha value is -6.71. The van der Waals surface area contributed by atoms with Gasteiger partial charge >= 0.3 is 0 Å². The quantitative estimate of drug-likeness (QED) is 0.182. The Morgan fingerprint density at radius 3 is 1.79 bits per heavy atom. The number of nitrogens with zero attached hydrogens (tertiary/aromatic N) is 3. The van der Waals surface area contributed by atoms with Crippen molar-refractivity contribution in [1.82, 2.24) is 15.0 Å². The molecule has 9 aromatic rings. The van der Waals surface area contributed by atoms with Crippen LogP contribution in [0.4, 0.5) is 0 Å². The van der Waals surface area contributed by atoms with Gasteiger partial charge in [-0.15, -0.1) is 0 Å². The Morgan fingerprint density at radius 2 is 0.981 bits per heavy atom. The molecule has 3 heteroatoms. The lowest BCUT2D eigenvalue weighted by Gasteiger charge is -2.22. The second-order valence-electron chi connectivity index (χ2n) is 14.5. The molecule has 250 valence electrons. The SMILES string of the molecule is CC1(C)c2ccccc2-c2cc3c(-c4ccccc4)cc(-c4cccc(-c5nc(-c6ccccc6)cc(-c6ccc7ccccc7c6)n5)c4)nc3cc21. The standard InChI is InChI=1S/C50H35N3/c1-50(2)43-23-12-11-22-39(43)41-28-42-40(33-15-5-3-6-16-33)29-45(51-48(42)30-44(41)50)36-20-13-21-38(27-36)49-52-46(34-17-7-4-8-18-34)31-47(53-49)37-25-24-32-14-9-10-19-35(32)26-37/h3-31H,1-2H3. The molecule has 0 saturated heterocycles. The molecule has 0 aliphatic heterocycles. The van der Waals surface area contributed by atoms with E-state index in [-0.39, 0.29) is 5.41 Å². The highest BCUT2D eigenvalue weighted by atomic mass is 14.9. The summed E-state index contributed by atoms with van der Waals surface area (Å²) in [4.78, 5) is 15.7. The fourth-order valence-corrected chi connectivity index (χ4v) is 8.07. The molecular formula is C50H35N3. The van der Waals surface area contributed by atoms with E-state index in [1.165, 1.54) is 44.2 Å². The van der Waals surface area contributed by atoms with Gasteiger partial charge in [-0.25, -0.2) is 15.0 Å². The van der Waals surface area contributed by atoms with Crippen LogP contribution in [0.3, 0.4) is 0 Å². The van der Waals surface area contributed by atoms with Crippen LogP contribution < -0.4 is 0 Å². The maximum atomic E-state index is 5.39. The maximum absolute atomic E-state index is 5.39. The van der Waals surface area contributed by atoms with Gasteiger partial charge in [0.25, 0.3) is 0 Å². The van der Waals surface area contributed by atoms with Crippen LogP contribution in [0.2, 0.25) is 0 Å². The molecule has 2 aromatic heterocycles. The first-order valence-corrected chi connectivity index (χ1v) is 18.2. The molecule has 2 heterocycles. The molecule has 53 heavy (non-hydrogen) atoms. The van der Waals surface area contributed by atoms with Crippen LogP contribution in [-0.4, -0.2) is 15.0 Å². The van der Waals surface area contributed by atoms with E-state index in [2.05, 4.69) is 184 Å². The minimum atomic E-state index is -0.117. The number of pyridine rings is 1. The summed E-state index contributed by atoms with van der Waals surface area (Å²) in [6, 6.07) is 62.4. The zero-order chi connectivity index (χ0) is 35.5. The van der Waals surface area contributed by atoms with Crippen molar-refractivity contribution in [3.8, 4) is 67.4 Å². The van der Waals surface area contributed by atoms with Gasteiger partial charge in [-0.2, -0.15) is 0 Å². The van der Waals surface area contributed by atoms with Gasteiger partial charge in [0, 0.05) is 33.1 Å². The normalized spacial score (nSPS) is 12.9. The third-order valence-corrected chi connectivity index (χ3v) is 10.9. The van der Waals surface area contributed by atoms with E-state index in [9.17, 15) is 0 Å². The maximum Gasteiger partial charge on any atom is 0.160 e. The first-order valence-electron chi connectivity index (χ1n) is 18.2. The van der Waals surface area contributed by atoms with E-state index < -0.39 is 0 Å². The van der Waals surface area contributed by atoms with Crippen LogP contribution in [0.1, 0.15) is 25.0 Å². The van der Waals surface area contributed by atoms with Gasteiger partial charge in [-0.1, -0.05) is 153 Å². The predicted octanol–water partition coefficient (Wildman–Crippen LogP) is 12.8. The molecule has 0 fully saturated rings. The van der Waals surface area contributed by atoms with Crippen molar-refractivity contribution < 1.29 is 0 Å². The van der Waals surface area contributed by atoms with E-state index in [0.717, 1.165) is 50.2 Å². The highest BCUT2D eigenvalue weighted by Gasteiger charge is 2.35. The van der Waals surface area contributed by atoms with Crippen molar-refractivity contribution in [3.05, 3.63) is 187 Å². The summed E-state index contributed by atoms with van der Waals surface area (Å²) in [7, 11) is 0. The van der Waals surface area contributed by atoms with E-state index in [4.69, 9.17) is 15.0 Å². The summed E-state index contributed by atoms with van der Waals surface area (Å²) < 4.78 is 0. The molecule has 0 saturated carbocycles. The van der Waals surface area contributed by atoms with Gasteiger partial charge in [0.2, 0.25) is 0 Å². The molecule has 10 rings (SSSR count). The third kappa shape index (κ3) is 5.32. The lowest BCUT2D eigenvalue weighted by molar-refractivity contribution is 0.661. The molecule has 0 amide bonds. The Kier molecular flexibility index (Phi) is 7.16.